The first-order chi connectivity index (χ1) is 9.11. The summed E-state index contributed by atoms with van der Waals surface area (Å²) in [4.78, 5) is 8.51. The molecule has 0 radical (unpaired) electrons. The van der Waals surface area contributed by atoms with Gasteiger partial charge in [0, 0.05) is 24.4 Å². The molecule has 1 atom stereocenters. The number of hydrogen-bond donors (Lipinski definition) is 2. The van der Waals surface area contributed by atoms with Gasteiger partial charge >= 0.3 is 0 Å². The van der Waals surface area contributed by atoms with Crippen LogP contribution in [0.2, 0.25) is 0 Å². The molecule has 102 valence electrons. The minimum atomic E-state index is 0.00315. The molecular weight excluding hydrogens is 240 g/mol. The van der Waals surface area contributed by atoms with E-state index in [2.05, 4.69) is 34.3 Å². The fourth-order valence-corrected chi connectivity index (χ4v) is 2.09. The van der Waals surface area contributed by atoms with Crippen molar-refractivity contribution < 1.29 is 0 Å². The number of nitrogens with one attached hydrogen (secondary N) is 1. The minimum absolute atomic E-state index is 0.00315. The highest BCUT2D eigenvalue weighted by molar-refractivity contribution is 5.20. The van der Waals surface area contributed by atoms with Crippen molar-refractivity contribution in [3.63, 3.8) is 0 Å². The molecule has 0 aliphatic heterocycles. The van der Waals surface area contributed by atoms with E-state index in [1.54, 1.807) is 12.5 Å². The van der Waals surface area contributed by atoms with Crippen LogP contribution in [0.5, 0.6) is 0 Å². The molecule has 0 saturated carbocycles. The van der Waals surface area contributed by atoms with Crippen molar-refractivity contribution in [3.05, 3.63) is 41.7 Å². The van der Waals surface area contributed by atoms with Crippen LogP contribution in [0, 0.1) is 6.92 Å². The van der Waals surface area contributed by atoms with Crippen LogP contribution in [-0.4, -0.2) is 19.7 Å². The van der Waals surface area contributed by atoms with E-state index >= 15 is 0 Å². The topological polar surface area (TPSA) is 81.7 Å². The van der Waals surface area contributed by atoms with E-state index in [1.807, 2.05) is 23.7 Å². The second-order valence-electron chi connectivity index (χ2n) is 4.87. The molecule has 2 aromatic rings. The minimum Gasteiger partial charge on any atom is -0.271 e. The van der Waals surface area contributed by atoms with Crippen molar-refractivity contribution in [1.82, 2.24) is 25.2 Å². The Kier molecular flexibility index (Phi) is 4.24. The van der Waals surface area contributed by atoms with Gasteiger partial charge in [-0.2, -0.15) is 5.10 Å². The molecule has 6 nitrogen and oxygen atoms in total. The van der Waals surface area contributed by atoms with Crippen molar-refractivity contribution in [1.29, 1.82) is 0 Å². The average Bonchev–Trinajstić information content (AvgIpc) is 2.84. The summed E-state index contributed by atoms with van der Waals surface area (Å²) in [6.45, 7) is 6.13. The van der Waals surface area contributed by atoms with Crippen LogP contribution in [0.25, 0.3) is 0 Å². The number of hydrazine groups is 1. The number of hydrogen-bond acceptors (Lipinski definition) is 5. The van der Waals surface area contributed by atoms with Gasteiger partial charge in [0.1, 0.15) is 12.2 Å². The molecule has 0 spiro atoms. The normalized spacial score (nSPS) is 12.9. The fourth-order valence-electron chi connectivity index (χ4n) is 2.09. The summed E-state index contributed by atoms with van der Waals surface area (Å²) in [5.74, 6) is 6.59. The zero-order chi connectivity index (χ0) is 13.8. The summed E-state index contributed by atoms with van der Waals surface area (Å²) >= 11 is 0. The quantitative estimate of drug-likeness (QED) is 0.625. The Hall–Kier alpha value is -1.79. The van der Waals surface area contributed by atoms with Crippen LogP contribution in [-0.2, 0) is 6.42 Å². The predicted octanol–water partition coefficient (Wildman–Crippen LogP) is 1.31. The molecule has 0 aliphatic carbocycles. The third kappa shape index (κ3) is 3.15. The van der Waals surface area contributed by atoms with Gasteiger partial charge in [-0.15, -0.1) is 0 Å². The molecule has 0 amide bonds. The Labute approximate surface area is 113 Å². The Morgan fingerprint density at radius 1 is 1.37 bits per heavy atom. The van der Waals surface area contributed by atoms with Gasteiger partial charge in [-0.1, -0.05) is 0 Å². The zero-order valence-electron chi connectivity index (χ0n) is 11.5. The summed E-state index contributed by atoms with van der Waals surface area (Å²) in [5.41, 5.74) is 4.92. The first-order valence-corrected chi connectivity index (χ1v) is 6.39. The highest BCUT2D eigenvalue weighted by Gasteiger charge is 2.16. The van der Waals surface area contributed by atoms with Gasteiger partial charge in [0.05, 0.1) is 6.04 Å². The van der Waals surface area contributed by atoms with Crippen LogP contribution in [0.4, 0.5) is 0 Å². The van der Waals surface area contributed by atoms with Gasteiger partial charge in [0.25, 0.3) is 0 Å². The molecule has 0 saturated heterocycles. The maximum absolute atomic E-state index is 5.67. The maximum atomic E-state index is 5.67. The van der Waals surface area contributed by atoms with Gasteiger partial charge in [0.2, 0.25) is 0 Å². The predicted molar refractivity (Wildman–Crippen MR) is 73.1 cm³/mol. The molecule has 0 fully saturated rings. The highest BCUT2D eigenvalue weighted by Crippen LogP contribution is 2.18. The molecule has 1 unspecified atom stereocenters. The van der Waals surface area contributed by atoms with Crippen LogP contribution < -0.4 is 11.3 Å². The molecular formula is C13H20N6. The van der Waals surface area contributed by atoms with E-state index in [0.717, 1.165) is 17.1 Å². The molecule has 2 aromatic heterocycles. The number of rotatable bonds is 5. The molecule has 3 N–H and O–H groups in total. The monoisotopic (exact) mass is 260 g/mol. The van der Waals surface area contributed by atoms with Gasteiger partial charge in [-0.05, 0) is 38.5 Å². The molecule has 2 rings (SSSR count). The Bertz CT molecular complexity index is 533. The van der Waals surface area contributed by atoms with E-state index in [0.29, 0.717) is 6.42 Å². The zero-order valence-corrected chi connectivity index (χ0v) is 11.5. The summed E-state index contributed by atoms with van der Waals surface area (Å²) in [6.07, 6.45) is 4.07. The van der Waals surface area contributed by atoms with E-state index in [9.17, 15) is 0 Å². The van der Waals surface area contributed by atoms with Crippen LogP contribution in [0.3, 0.4) is 0 Å². The smallest absolute Gasteiger partial charge is 0.138 e. The second-order valence-corrected chi connectivity index (χ2v) is 4.87. The van der Waals surface area contributed by atoms with Crippen molar-refractivity contribution in [3.8, 4) is 0 Å². The number of nitrogens with two attached hydrogens (primary N) is 1. The largest absolute Gasteiger partial charge is 0.271 e. The van der Waals surface area contributed by atoms with E-state index in [4.69, 9.17) is 5.84 Å². The molecule has 0 aromatic carbocycles. The molecule has 19 heavy (non-hydrogen) atoms. The number of aromatic nitrogens is 4. The van der Waals surface area contributed by atoms with E-state index < -0.39 is 0 Å². The summed E-state index contributed by atoms with van der Waals surface area (Å²) in [5, 5.41) is 4.24. The van der Waals surface area contributed by atoms with Crippen LogP contribution in [0.15, 0.2) is 24.7 Å². The number of nitrogens with zero attached hydrogens (tertiary/aromatic N) is 4. The molecule has 2 heterocycles. The standard InChI is InChI=1S/C13H20N6/c1-9(2)19-13(16-8-17-19)7-12(18-14)11-4-5-15-10(3)6-11/h4-6,8-9,12,18H,7,14H2,1-3H3. The second kappa shape index (κ2) is 5.90. The molecule has 0 bridgehead atoms. The van der Waals surface area contributed by atoms with Crippen LogP contribution in [0.1, 0.15) is 43.0 Å². The van der Waals surface area contributed by atoms with Crippen molar-refractivity contribution in [2.45, 2.75) is 39.3 Å². The maximum Gasteiger partial charge on any atom is 0.138 e. The first-order valence-electron chi connectivity index (χ1n) is 6.39. The highest BCUT2D eigenvalue weighted by atomic mass is 15.3. The van der Waals surface area contributed by atoms with Gasteiger partial charge in [0.15, 0.2) is 0 Å². The lowest BCUT2D eigenvalue weighted by molar-refractivity contribution is 0.468. The van der Waals surface area contributed by atoms with Crippen molar-refractivity contribution in [2.24, 2.45) is 5.84 Å². The number of pyridine rings is 1. The van der Waals surface area contributed by atoms with E-state index in [-0.39, 0.29) is 12.1 Å². The molecule has 6 heteroatoms. The van der Waals surface area contributed by atoms with E-state index in [1.165, 1.54) is 0 Å². The third-order valence-electron chi connectivity index (χ3n) is 3.05. The van der Waals surface area contributed by atoms with Gasteiger partial charge in [-0.3, -0.25) is 16.3 Å². The Morgan fingerprint density at radius 3 is 2.79 bits per heavy atom. The van der Waals surface area contributed by atoms with Crippen molar-refractivity contribution >= 4 is 0 Å². The summed E-state index contributed by atoms with van der Waals surface area (Å²) in [6, 6.07) is 4.28. The summed E-state index contributed by atoms with van der Waals surface area (Å²) < 4.78 is 1.92. The third-order valence-corrected chi connectivity index (χ3v) is 3.05. The Morgan fingerprint density at radius 2 is 2.16 bits per heavy atom. The SMILES string of the molecule is Cc1cc(C(Cc2ncnn2C(C)C)NN)ccn1. The first kappa shape index (κ1) is 13.6. The number of aryl methyl sites for hydroxylation is 1. The van der Waals surface area contributed by atoms with Crippen LogP contribution >= 0.6 is 0 Å². The lowest BCUT2D eigenvalue weighted by Crippen LogP contribution is -2.30. The van der Waals surface area contributed by atoms with Gasteiger partial charge in [-0.25, -0.2) is 9.67 Å². The van der Waals surface area contributed by atoms with Gasteiger partial charge < -0.3 is 0 Å². The summed E-state index contributed by atoms with van der Waals surface area (Å²) in [7, 11) is 0. The lowest BCUT2D eigenvalue weighted by atomic mass is 10.0. The average molecular weight is 260 g/mol. The molecule has 0 aliphatic rings. The van der Waals surface area contributed by atoms with Crippen molar-refractivity contribution in [2.75, 3.05) is 0 Å². The lowest BCUT2D eigenvalue weighted by Gasteiger charge is -2.17. The Balaban J connectivity index is 2.22. The fraction of sp³-hybridized carbons (Fsp3) is 0.462.